The van der Waals surface area contributed by atoms with E-state index in [1.54, 1.807) is 0 Å². The monoisotopic (exact) mass is 349 g/mol. The van der Waals surface area contributed by atoms with Crippen LogP contribution < -0.4 is 5.32 Å². The van der Waals surface area contributed by atoms with Crippen LogP contribution in [0.3, 0.4) is 0 Å². The van der Waals surface area contributed by atoms with E-state index in [-0.39, 0.29) is 0 Å². The van der Waals surface area contributed by atoms with Crippen molar-refractivity contribution in [3.05, 3.63) is 34.1 Å². The maximum Gasteiger partial charge on any atom is 0.226 e. The van der Waals surface area contributed by atoms with Crippen LogP contribution in [0.4, 0.5) is 0 Å². The van der Waals surface area contributed by atoms with E-state index in [0.29, 0.717) is 5.82 Å². The van der Waals surface area contributed by atoms with Gasteiger partial charge in [-0.3, -0.25) is 0 Å². The normalized spacial score (nSPS) is 18.9. The van der Waals surface area contributed by atoms with E-state index in [0.717, 1.165) is 53.3 Å². The largest absolute Gasteiger partial charge is 0.339 e. The van der Waals surface area contributed by atoms with Gasteiger partial charge in [-0.05, 0) is 69.0 Å². The van der Waals surface area contributed by atoms with Crippen molar-refractivity contribution in [1.29, 1.82) is 0 Å². The molecule has 0 saturated carbocycles. The number of hydrogen-bond acceptors (Lipinski definition) is 4. The van der Waals surface area contributed by atoms with Crippen LogP contribution in [0.25, 0.3) is 11.4 Å². The second-order valence-corrected chi connectivity index (χ2v) is 6.64. The van der Waals surface area contributed by atoms with E-state index in [4.69, 9.17) is 4.52 Å². The smallest absolute Gasteiger partial charge is 0.226 e. The quantitative estimate of drug-likeness (QED) is 0.913. The molecule has 3 rings (SSSR count). The maximum absolute atomic E-state index is 5.40. The van der Waals surface area contributed by atoms with Gasteiger partial charge in [0.2, 0.25) is 11.7 Å². The van der Waals surface area contributed by atoms with Crippen molar-refractivity contribution >= 4 is 15.9 Å². The maximum atomic E-state index is 5.40. The van der Waals surface area contributed by atoms with Gasteiger partial charge in [-0.2, -0.15) is 4.98 Å². The summed E-state index contributed by atoms with van der Waals surface area (Å²) in [5, 5.41) is 7.57. The first-order chi connectivity index (χ1) is 10.2. The van der Waals surface area contributed by atoms with E-state index < -0.39 is 0 Å². The highest BCUT2D eigenvalue weighted by molar-refractivity contribution is 9.10. The molecule has 1 aliphatic heterocycles. The van der Waals surface area contributed by atoms with Crippen LogP contribution in [0.15, 0.2) is 27.2 Å². The summed E-state index contributed by atoms with van der Waals surface area (Å²) in [5.74, 6) is 2.18. The molecule has 5 heteroatoms. The topological polar surface area (TPSA) is 51.0 Å². The molecule has 0 spiro atoms. The number of benzene rings is 1. The second kappa shape index (κ2) is 6.71. The molecule has 1 fully saturated rings. The van der Waals surface area contributed by atoms with Crippen molar-refractivity contribution in [2.24, 2.45) is 5.92 Å². The fourth-order valence-electron chi connectivity index (χ4n) is 2.84. The van der Waals surface area contributed by atoms with Gasteiger partial charge >= 0.3 is 0 Å². The van der Waals surface area contributed by atoms with Crippen molar-refractivity contribution in [2.45, 2.75) is 32.6 Å². The van der Waals surface area contributed by atoms with Gasteiger partial charge in [-0.15, -0.1) is 0 Å². The molecule has 1 N–H and O–H groups in total. The molecule has 1 aromatic carbocycles. The molecule has 2 aromatic rings. The lowest BCUT2D eigenvalue weighted by Crippen LogP contribution is -2.29. The summed E-state index contributed by atoms with van der Waals surface area (Å²) in [7, 11) is 0. The highest BCUT2D eigenvalue weighted by Crippen LogP contribution is 2.24. The molecule has 1 atom stereocenters. The van der Waals surface area contributed by atoms with Gasteiger partial charge in [0.25, 0.3) is 0 Å². The van der Waals surface area contributed by atoms with Crippen molar-refractivity contribution in [3.63, 3.8) is 0 Å². The number of aromatic nitrogens is 2. The van der Waals surface area contributed by atoms with Crippen LogP contribution in [0.1, 0.15) is 30.7 Å². The van der Waals surface area contributed by atoms with Crippen molar-refractivity contribution in [1.82, 2.24) is 15.5 Å². The number of halogens is 1. The van der Waals surface area contributed by atoms with Crippen LogP contribution in [0, 0.1) is 12.8 Å². The minimum Gasteiger partial charge on any atom is -0.339 e. The van der Waals surface area contributed by atoms with E-state index in [1.807, 2.05) is 12.1 Å². The zero-order valence-electron chi connectivity index (χ0n) is 12.2. The summed E-state index contributed by atoms with van der Waals surface area (Å²) < 4.78 is 6.47. The highest BCUT2D eigenvalue weighted by atomic mass is 79.9. The van der Waals surface area contributed by atoms with Crippen LogP contribution in [0.5, 0.6) is 0 Å². The first-order valence-electron chi connectivity index (χ1n) is 7.52. The first-order valence-corrected chi connectivity index (χ1v) is 8.31. The molecule has 1 aliphatic rings. The van der Waals surface area contributed by atoms with Crippen LogP contribution in [-0.4, -0.2) is 23.2 Å². The molecule has 1 unspecified atom stereocenters. The Hall–Kier alpha value is -1.20. The lowest BCUT2D eigenvalue weighted by molar-refractivity contribution is 0.327. The Kier molecular flexibility index (Phi) is 4.70. The average Bonchev–Trinajstić information content (AvgIpc) is 2.95. The molecular weight excluding hydrogens is 330 g/mol. The third kappa shape index (κ3) is 3.71. The molecule has 1 aromatic heterocycles. The highest BCUT2D eigenvalue weighted by Gasteiger charge is 2.16. The Labute approximate surface area is 133 Å². The molecule has 1 saturated heterocycles. The van der Waals surface area contributed by atoms with Gasteiger partial charge in [0.05, 0.1) is 0 Å². The minimum atomic E-state index is 0.691. The van der Waals surface area contributed by atoms with Crippen LogP contribution in [-0.2, 0) is 6.42 Å². The van der Waals surface area contributed by atoms with Crippen LogP contribution in [0.2, 0.25) is 0 Å². The lowest BCUT2D eigenvalue weighted by atomic mass is 9.95. The summed E-state index contributed by atoms with van der Waals surface area (Å²) in [6.07, 6.45) is 4.57. The van der Waals surface area contributed by atoms with Gasteiger partial charge in [0.15, 0.2) is 0 Å². The molecule has 0 aliphatic carbocycles. The van der Waals surface area contributed by atoms with Crippen molar-refractivity contribution in [3.8, 4) is 11.4 Å². The summed E-state index contributed by atoms with van der Waals surface area (Å²) in [5.41, 5.74) is 2.18. The summed E-state index contributed by atoms with van der Waals surface area (Å²) in [4.78, 5) is 4.54. The molecular formula is C16H20BrN3O. The Morgan fingerprint density at radius 1 is 1.43 bits per heavy atom. The number of hydrogen-bond donors (Lipinski definition) is 1. The van der Waals surface area contributed by atoms with Crippen molar-refractivity contribution < 1.29 is 4.52 Å². The van der Waals surface area contributed by atoms with Gasteiger partial charge < -0.3 is 9.84 Å². The zero-order chi connectivity index (χ0) is 14.7. The Balaban J connectivity index is 1.65. The van der Waals surface area contributed by atoms with E-state index in [9.17, 15) is 0 Å². The molecule has 0 amide bonds. The minimum absolute atomic E-state index is 0.691. The second-order valence-electron chi connectivity index (χ2n) is 5.72. The number of rotatable bonds is 4. The third-order valence-electron chi connectivity index (χ3n) is 4.06. The Morgan fingerprint density at radius 2 is 2.33 bits per heavy atom. The predicted octanol–water partition coefficient (Wildman–Crippen LogP) is 3.74. The fraction of sp³-hybridized carbons (Fsp3) is 0.500. The van der Waals surface area contributed by atoms with E-state index >= 15 is 0 Å². The van der Waals surface area contributed by atoms with E-state index in [2.05, 4.69) is 44.4 Å². The van der Waals surface area contributed by atoms with Gasteiger partial charge in [-0.1, -0.05) is 21.1 Å². The first kappa shape index (κ1) is 14.7. The van der Waals surface area contributed by atoms with Crippen molar-refractivity contribution in [2.75, 3.05) is 13.1 Å². The van der Waals surface area contributed by atoms with Gasteiger partial charge in [-0.25, -0.2) is 0 Å². The summed E-state index contributed by atoms with van der Waals surface area (Å²) in [6.45, 7) is 4.33. The molecule has 0 radical (unpaired) electrons. The fourth-order valence-corrected chi connectivity index (χ4v) is 3.32. The molecule has 21 heavy (non-hydrogen) atoms. The van der Waals surface area contributed by atoms with Gasteiger partial charge in [0, 0.05) is 16.5 Å². The lowest BCUT2D eigenvalue weighted by Gasteiger charge is -2.21. The number of piperidine rings is 1. The number of aryl methyl sites for hydroxylation is 2. The SMILES string of the molecule is Cc1cc(Br)ccc1-c1noc(CCC2CCCNC2)n1. The number of nitrogens with one attached hydrogen (secondary N) is 1. The summed E-state index contributed by atoms with van der Waals surface area (Å²) >= 11 is 3.47. The molecule has 4 nitrogen and oxygen atoms in total. The van der Waals surface area contributed by atoms with E-state index in [1.165, 1.54) is 12.8 Å². The molecule has 112 valence electrons. The average molecular weight is 350 g/mol. The Morgan fingerprint density at radius 3 is 3.10 bits per heavy atom. The number of nitrogens with zero attached hydrogens (tertiary/aromatic N) is 2. The summed E-state index contributed by atoms with van der Waals surface area (Å²) in [6, 6.07) is 6.10. The van der Waals surface area contributed by atoms with Gasteiger partial charge in [0.1, 0.15) is 0 Å². The molecule has 2 heterocycles. The Bertz CT molecular complexity index is 605. The standard InChI is InChI=1S/C16H20BrN3O/c1-11-9-13(17)5-6-14(11)16-19-15(21-20-16)7-4-12-3-2-8-18-10-12/h5-6,9,12,18H,2-4,7-8,10H2,1H3. The molecule has 0 bridgehead atoms. The predicted molar refractivity (Wildman–Crippen MR) is 86.1 cm³/mol. The zero-order valence-corrected chi connectivity index (χ0v) is 13.8. The van der Waals surface area contributed by atoms with Crippen LogP contribution >= 0.6 is 15.9 Å². The third-order valence-corrected chi connectivity index (χ3v) is 4.56.